The van der Waals surface area contributed by atoms with Crippen LogP contribution in [0.3, 0.4) is 0 Å². The van der Waals surface area contributed by atoms with E-state index >= 15 is 0 Å². The van der Waals surface area contributed by atoms with Gasteiger partial charge in [0.05, 0.1) is 0 Å². The molecule has 2 N–H and O–H groups in total. The Bertz CT molecular complexity index is 953. The van der Waals surface area contributed by atoms with Gasteiger partial charge in [-0.2, -0.15) is 0 Å². The van der Waals surface area contributed by atoms with Crippen molar-refractivity contribution in [3.8, 4) is 0 Å². The van der Waals surface area contributed by atoms with Crippen molar-refractivity contribution in [2.24, 2.45) is 11.8 Å². The second kappa shape index (κ2) is 10.9. The van der Waals surface area contributed by atoms with Crippen molar-refractivity contribution >= 4 is 29.4 Å². The van der Waals surface area contributed by atoms with Crippen LogP contribution in [-0.4, -0.2) is 90.5 Å². The topological polar surface area (TPSA) is 76.6 Å². The molecule has 8 nitrogen and oxygen atoms in total. The molecule has 4 aliphatic heterocycles. The third-order valence-corrected chi connectivity index (χ3v) is 8.27. The minimum absolute atomic E-state index is 0.113. The molecule has 0 aliphatic carbocycles. The number of hydrogen-bond acceptors (Lipinski definition) is 7. The second-order valence-electron chi connectivity index (χ2n) is 9.60. The maximum Gasteiger partial charge on any atom is 0.319 e. The number of fused-ring (bicyclic) bond motifs is 3. The number of urea groups is 1. The maximum atomic E-state index is 12.4. The summed E-state index contributed by atoms with van der Waals surface area (Å²) in [6, 6.07) is 10.2. The number of amides is 2. The quantitative estimate of drug-likeness (QED) is 0.589. The van der Waals surface area contributed by atoms with Crippen molar-refractivity contribution in [3.63, 3.8) is 0 Å². The van der Waals surface area contributed by atoms with Gasteiger partial charge in [-0.25, -0.2) is 14.8 Å². The zero-order valence-corrected chi connectivity index (χ0v) is 20.7. The maximum absolute atomic E-state index is 12.4. The van der Waals surface area contributed by atoms with Crippen molar-refractivity contribution in [2.75, 3.05) is 68.8 Å². The van der Waals surface area contributed by atoms with Crippen LogP contribution >= 0.6 is 11.8 Å². The van der Waals surface area contributed by atoms with Gasteiger partial charge in [-0.05, 0) is 61.7 Å². The monoisotopic (exact) mass is 481 g/mol. The predicted octanol–water partition coefficient (Wildman–Crippen LogP) is 2.85. The number of piperazine rings is 1. The van der Waals surface area contributed by atoms with Crippen LogP contribution in [0.4, 0.5) is 16.4 Å². The number of hydrogen-bond donors (Lipinski definition) is 2. The van der Waals surface area contributed by atoms with Crippen LogP contribution in [-0.2, 0) is 0 Å². The Balaban J connectivity index is 1.06. The molecular weight excluding hydrogens is 446 g/mol. The molecule has 9 heteroatoms. The van der Waals surface area contributed by atoms with Crippen molar-refractivity contribution in [1.29, 1.82) is 0 Å². The largest absolute Gasteiger partial charge is 0.338 e. The summed E-state index contributed by atoms with van der Waals surface area (Å²) >= 11 is 1.68. The van der Waals surface area contributed by atoms with Gasteiger partial charge in [0, 0.05) is 74.8 Å². The fourth-order valence-electron chi connectivity index (χ4n) is 5.67. The summed E-state index contributed by atoms with van der Waals surface area (Å²) in [6.45, 7) is 8.33. The van der Waals surface area contributed by atoms with Crippen molar-refractivity contribution in [1.82, 2.24) is 25.1 Å². The molecule has 1 unspecified atom stereocenters. The Morgan fingerprint density at radius 3 is 2.68 bits per heavy atom. The van der Waals surface area contributed by atoms with Gasteiger partial charge in [-0.1, -0.05) is 6.07 Å². The third kappa shape index (κ3) is 5.64. The molecule has 182 valence electrons. The summed E-state index contributed by atoms with van der Waals surface area (Å²) in [7, 11) is 0. The smallest absolute Gasteiger partial charge is 0.319 e. The molecule has 0 radical (unpaired) electrons. The van der Waals surface area contributed by atoms with Crippen LogP contribution in [0.2, 0.25) is 0 Å². The van der Waals surface area contributed by atoms with E-state index in [4.69, 9.17) is 0 Å². The lowest BCUT2D eigenvalue weighted by Gasteiger charge is -2.51. The Hall–Kier alpha value is -2.36. The van der Waals surface area contributed by atoms with Crippen LogP contribution in [0.25, 0.3) is 0 Å². The van der Waals surface area contributed by atoms with E-state index in [2.05, 4.69) is 35.3 Å². The molecule has 2 bridgehead atoms. The molecule has 1 aromatic heterocycles. The molecule has 34 heavy (non-hydrogen) atoms. The first kappa shape index (κ1) is 23.4. The lowest BCUT2D eigenvalue weighted by Crippen LogP contribution is -2.59. The molecule has 4 atom stereocenters. The normalized spacial score (nSPS) is 26.9. The molecular formula is C25H35N7OS. The Kier molecular flexibility index (Phi) is 7.51. The molecule has 0 spiro atoms. The average molecular weight is 482 g/mol. The van der Waals surface area contributed by atoms with Gasteiger partial charge in [-0.15, -0.1) is 11.8 Å². The van der Waals surface area contributed by atoms with E-state index in [0.29, 0.717) is 12.6 Å². The summed E-state index contributed by atoms with van der Waals surface area (Å²) in [4.78, 5) is 29.9. The molecule has 5 heterocycles. The van der Waals surface area contributed by atoms with Crippen molar-refractivity contribution < 1.29 is 4.79 Å². The number of anilines is 2. The van der Waals surface area contributed by atoms with Gasteiger partial charge in [0.1, 0.15) is 0 Å². The Labute approximate surface area is 206 Å². The fourth-order valence-corrected chi connectivity index (χ4v) is 6.13. The minimum atomic E-state index is -0.113. The van der Waals surface area contributed by atoms with Gasteiger partial charge in [-0.3, -0.25) is 9.80 Å². The first-order valence-electron chi connectivity index (χ1n) is 12.3. The summed E-state index contributed by atoms with van der Waals surface area (Å²) in [6.07, 6.45) is 8.15. The Morgan fingerprint density at radius 1 is 1.12 bits per heavy atom. The van der Waals surface area contributed by atoms with Crippen LogP contribution in [0.1, 0.15) is 12.8 Å². The summed E-state index contributed by atoms with van der Waals surface area (Å²) < 4.78 is 0. The minimum Gasteiger partial charge on any atom is -0.338 e. The highest BCUT2D eigenvalue weighted by atomic mass is 32.2. The van der Waals surface area contributed by atoms with Gasteiger partial charge in [0.2, 0.25) is 5.95 Å². The van der Waals surface area contributed by atoms with Crippen LogP contribution < -0.4 is 15.5 Å². The van der Waals surface area contributed by atoms with E-state index in [9.17, 15) is 4.79 Å². The van der Waals surface area contributed by atoms with Crippen LogP contribution in [0.5, 0.6) is 0 Å². The standard InChI is InChI=1S/C25H35N7OS/c1-34-23-5-2-4-21(15-23)29-25(33)28-16-22-14-19-6-9-32(22)18-20(19)17-30-10-12-31(13-11-30)24-26-7-3-8-27-24/h2-5,7-8,15,19-20,22H,6,9-14,16-18H2,1H3,(H2,28,29,33)/t19-,20+,22+/m1/s1. The molecule has 4 saturated heterocycles. The first-order chi connectivity index (χ1) is 16.7. The van der Waals surface area contributed by atoms with Gasteiger partial charge >= 0.3 is 6.03 Å². The average Bonchev–Trinajstić information content (AvgIpc) is 2.89. The summed E-state index contributed by atoms with van der Waals surface area (Å²) in [5, 5.41) is 6.09. The number of nitrogens with one attached hydrogen (secondary N) is 2. The highest BCUT2D eigenvalue weighted by Crippen LogP contribution is 2.36. The number of aromatic nitrogens is 2. The van der Waals surface area contributed by atoms with Gasteiger partial charge in [0.25, 0.3) is 0 Å². The summed E-state index contributed by atoms with van der Waals surface area (Å²) in [5.41, 5.74) is 0.841. The Morgan fingerprint density at radius 2 is 1.94 bits per heavy atom. The van der Waals surface area contributed by atoms with Crippen LogP contribution in [0, 0.1) is 11.8 Å². The molecule has 4 fully saturated rings. The number of thioether (sulfide) groups is 1. The molecule has 0 saturated carbocycles. The number of piperidine rings is 3. The zero-order valence-electron chi connectivity index (χ0n) is 19.9. The van der Waals surface area contributed by atoms with Gasteiger partial charge < -0.3 is 15.5 Å². The van der Waals surface area contributed by atoms with Crippen molar-refractivity contribution in [3.05, 3.63) is 42.7 Å². The van der Waals surface area contributed by atoms with E-state index < -0.39 is 0 Å². The number of benzene rings is 1. The predicted molar refractivity (Wildman–Crippen MR) is 138 cm³/mol. The lowest BCUT2D eigenvalue weighted by molar-refractivity contribution is -0.0114. The SMILES string of the molecule is CSc1cccc(NC(=O)NC[C@@H]2C[C@H]3CCN2C[C@@H]3CN2CCN(c3ncccn3)CC2)c1. The number of carbonyl (C=O) groups excluding carboxylic acids is 1. The lowest BCUT2D eigenvalue weighted by atomic mass is 9.75. The fraction of sp³-hybridized carbons (Fsp3) is 0.560. The first-order valence-corrected chi connectivity index (χ1v) is 13.6. The van der Waals surface area contributed by atoms with E-state index in [1.807, 2.05) is 49.0 Å². The molecule has 1 aromatic carbocycles. The van der Waals surface area contributed by atoms with E-state index in [1.165, 1.54) is 19.4 Å². The molecule has 6 rings (SSSR count). The van der Waals surface area contributed by atoms with E-state index in [0.717, 1.165) is 67.6 Å². The summed E-state index contributed by atoms with van der Waals surface area (Å²) in [5.74, 6) is 2.34. The highest BCUT2D eigenvalue weighted by molar-refractivity contribution is 7.98. The van der Waals surface area contributed by atoms with Crippen molar-refractivity contribution in [2.45, 2.75) is 23.8 Å². The third-order valence-electron chi connectivity index (χ3n) is 7.54. The van der Waals surface area contributed by atoms with Gasteiger partial charge in [0.15, 0.2) is 0 Å². The number of nitrogens with zero attached hydrogens (tertiary/aromatic N) is 5. The van der Waals surface area contributed by atoms with Crippen LogP contribution in [0.15, 0.2) is 47.6 Å². The number of rotatable bonds is 7. The zero-order chi connectivity index (χ0) is 23.3. The highest BCUT2D eigenvalue weighted by Gasteiger charge is 2.40. The molecule has 2 aromatic rings. The second-order valence-corrected chi connectivity index (χ2v) is 10.5. The number of carbonyl (C=O) groups is 1. The molecule has 4 aliphatic rings. The van der Waals surface area contributed by atoms with E-state index in [1.54, 1.807) is 11.8 Å². The molecule has 2 amide bonds. The van der Waals surface area contributed by atoms with E-state index in [-0.39, 0.29) is 6.03 Å².